The van der Waals surface area contributed by atoms with E-state index < -0.39 is 0 Å². The number of fused-ring (bicyclic) bond motifs is 1. The Labute approximate surface area is 178 Å². The molecule has 0 aliphatic carbocycles. The van der Waals surface area contributed by atoms with Crippen LogP contribution in [0.3, 0.4) is 0 Å². The first kappa shape index (κ1) is 20.0. The standard InChI is InChI=1S/C23H21N3O3S/c1-28-17-9-10-20(29-2)18(12-17)19-11-16-13-24-23(30-3)25-21(16)26(22(19)27)14-15-7-5-4-6-8-15/h4-13H,14H2,1-3H3. The van der Waals surface area contributed by atoms with Crippen LogP contribution in [0.1, 0.15) is 5.56 Å². The van der Waals surface area contributed by atoms with E-state index in [1.54, 1.807) is 37.1 Å². The van der Waals surface area contributed by atoms with E-state index in [0.717, 1.165) is 10.9 Å². The highest BCUT2D eigenvalue weighted by atomic mass is 32.2. The second-order valence-electron chi connectivity index (χ2n) is 6.64. The Bertz CT molecular complexity index is 1260. The number of methoxy groups -OCH3 is 2. The van der Waals surface area contributed by atoms with E-state index in [-0.39, 0.29) is 5.56 Å². The third kappa shape index (κ3) is 3.76. The highest BCUT2D eigenvalue weighted by Crippen LogP contribution is 2.33. The smallest absolute Gasteiger partial charge is 0.260 e. The van der Waals surface area contributed by atoms with Crippen LogP contribution < -0.4 is 15.0 Å². The minimum Gasteiger partial charge on any atom is -0.497 e. The van der Waals surface area contributed by atoms with Gasteiger partial charge in [-0.3, -0.25) is 9.36 Å². The monoisotopic (exact) mass is 419 g/mol. The van der Waals surface area contributed by atoms with Crippen molar-refractivity contribution in [2.45, 2.75) is 11.7 Å². The van der Waals surface area contributed by atoms with Crippen LogP contribution >= 0.6 is 11.8 Å². The molecule has 0 atom stereocenters. The number of thioether (sulfide) groups is 1. The molecule has 0 unspecified atom stereocenters. The quantitative estimate of drug-likeness (QED) is 0.344. The van der Waals surface area contributed by atoms with Gasteiger partial charge in [-0.1, -0.05) is 42.1 Å². The molecular formula is C23H21N3O3S. The lowest BCUT2D eigenvalue weighted by atomic mass is 10.0. The zero-order valence-corrected chi connectivity index (χ0v) is 17.8. The summed E-state index contributed by atoms with van der Waals surface area (Å²) < 4.78 is 12.6. The molecule has 0 saturated heterocycles. The molecule has 30 heavy (non-hydrogen) atoms. The average Bonchev–Trinajstić information content (AvgIpc) is 2.80. The van der Waals surface area contributed by atoms with Crippen molar-refractivity contribution in [2.24, 2.45) is 0 Å². The van der Waals surface area contributed by atoms with Crippen molar-refractivity contribution in [3.8, 4) is 22.6 Å². The fourth-order valence-electron chi connectivity index (χ4n) is 3.37. The normalized spacial score (nSPS) is 10.9. The van der Waals surface area contributed by atoms with Crippen LogP contribution in [0.5, 0.6) is 11.5 Å². The zero-order valence-electron chi connectivity index (χ0n) is 17.0. The molecular weight excluding hydrogens is 398 g/mol. The molecule has 0 amide bonds. The third-order valence-corrected chi connectivity index (χ3v) is 5.43. The maximum absolute atomic E-state index is 13.7. The summed E-state index contributed by atoms with van der Waals surface area (Å²) in [6.07, 6.45) is 3.67. The first-order valence-electron chi connectivity index (χ1n) is 9.35. The van der Waals surface area contributed by atoms with Crippen LogP contribution in [0.4, 0.5) is 0 Å². The van der Waals surface area contributed by atoms with Gasteiger partial charge < -0.3 is 9.47 Å². The summed E-state index contributed by atoms with van der Waals surface area (Å²) >= 11 is 1.44. The third-order valence-electron chi connectivity index (χ3n) is 4.87. The van der Waals surface area contributed by atoms with Gasteiger partial charge in [-0.05, 0) is 36.1 Å². The van der Waals surface area contributed by atoms with Crippen molar-refractivity contribution in [3.05, 3.63) is 76.7 Å². The van der Waals surface area contributed by atoms with E-state index in [1.807, 2.05) is 48.7 Å². The summed E-state index contributed by atoms with van der Waals surface area (Å²) in [6.45, 7) is 0.404. The highest BCUT2D eigenvalue weighted by Gasteiger charge is 2.17. The van der Waals surface area contributed by atoms with Crippen LogP contribution in [0.2, 0.25) is 0 Å². The maximum atomic E-state index is 13.7. The highest BCUT2D eigenvalue weighted by molar-refractivity contribution is 7.98. The van der Waals surface area contributed by atoms with Gasteiger partial charge in [-0.2, -0.15) is 0 Å². The molecule has 0 bridgehead atoms. The minimum atomic E-state index is -0.149. The van der Waals surface area contributed by atoms with Crippen LogP contribution in [0.25, 0.3) is 22.2 Å². The molecule has 0 aliphatic heterocycles. The molecule has 4 rings (SSSR count). The van der Waals surface area contributed by atoms with E-state index in [0.29, 0.717) is 40.0 Å². The van der Waals surface area contributed by atoms with Gasteiger partial charge >= 0.3 is 0 Å². The predicted octanol–water partition coefficient (Wildman–Crippen LogP) is 4.25. The van der Waals surface area contributed by atoms with Gasteiger partial charge in [0.1, 0.15) is 17.1 Å². The SMILES string of the molecule is COc1ccc(OC)c(-c2cc3cnc(SC)nc3n(Cc3ccccc3)c2=O)c1. The van der Waals surface area contributed by atoms with Gasteiger partial charge in [0.05, 0.1) is 26.3 Å². The minimum absolute atomic E-state index is 0.149. The van der Waals surface area contributed by atoms with Crippen molar-refractivity contribution in [2.75, 3.05) is 20.5 Å². The van der Waals surface area contributed by atoms with Crippen LogP contribution in [0.15, 0.2) is 70.7 Å². The van der Waals surface area contributed by atoms with Gasteiger partial charge in [-0.15, -0.1) is 0 Å². The number of hydrogen-bond donors (Lipinski definition) is 0. The van der Waals surface area contributed by atoms with Crippen LogP contribution in [-0.4, -0.2) is 35.0 Å². The molecule has 2 heterocycles. The Morgan fingerprint density at radius 3 is 2.50 bits per heavy atom. The van der Waals surface area contributed by atoms with E-state index in [4.69, 9.17) is 9.47 Å². The van der Waals surface area contributed by atoms with Crippen molar-refractivity contribution in [3.63, 3.8) is 0 Å². The largest absolute Gasteiger partial charge is 0.497 e. The Morgan fingerprint density at radius 2 is 1.80 bits per heavy atom. The summed E-state index contributed by atoms with van der Waals surface area (Å²) in [6, 6.07) is 17.1. The molecule has 0 radical (unpaired) electrons. The molecule has 2 aromatic heterocycles. The molecule has 4 aromatic rings. The predicted molar refractivity (Wildman–Crippen MR) is 120 cm³/mol. The number of ether oxygens (including phenoxy) is 2. The number of benzene rings is 2. The Kier molecular flexibility index (Phi) is 5.72. The van der Waals surface area contributed by atoms with Gasteiger partial charge in [0, 0.05) is 17.1 Å². The van der Waals surface area contributed by atoms with Crippen molar-refractivity contribution >= 4 is 22.8 Å². The van der Waals surface area contributed by atoms with Crippen LogP contribution in [0, 0.1) is 0 Å². The van der Waals surface area contributed by atoms with Crippen molar-refractivity contribution in [1.82, 2.24) is 14.5 Å². The number of hydrogen-bond acceptors (Lipinski definition) is 6. The van der Waals surface area contributed by atoms with E-state index in [9.17, 15) is 4.79 Å². The number of rotatable bonds is 6. The van der Waals surface area contributed by atoms with E-state index >= 15 is 0 Å². The van der Waals surface area contributed by atoms with Crippen molar-refractivity contribution < 1.29 is 9.47 Å². The maximum Gasteiger partial charge on any atom is 0.260 e. The van der Waals surface area contributed by atoms with Gasteiger partial charge in [-0.25, -0.2) is 9.97 Å². The van der Waals surface area contributed by atoms with Gasteiger partial charge in [0.2, 0.25) is 0 Å². The number of pyridine rings is 1. The van der Waals surface area contributed by atoms with Crippen molar-refractivity contribution in [1.29, 1.82) is 0 Å². The second kappa shape index (κ2) is 8.59. The fourth-order valence-corrected chi connectivity index (χ4v) is 3.71. The topological polar surface area (TPSA) is 66.2 Å². The second-order valence-corrected chi connectivity index (χ2v) is 7.41. The van der Waals surface area contributed by atoms with Crippen LogP contribution in [-0.2, 0) is 6.54 Å². The number of nitrogens with zero attached hydrogens (tertiary/aromatic N) is 3. The number of aromatic nitrogens is 3. The summed E-state index contributed by atoms with van der Waals surface area (Å²) in [5.74, 6) is 1.24. The molecule has 0 aliphatic rings. The molecule has 0 saturated carbocycles. The summed E-state index contributed by atoms with van der Waals surface area (Å²) in [5, 5.41) is 1.40. The Hall–Kier alpha value is -3.32. The summed E-state index contributed by atoms with van der Waals surface area (Å²) in [4.78, 5) is 22.7. The molecule has 7 heteroatoms. The molecule has 0 spiro atoms. The lowest BCUT2D eigenvalue weighted by Gasteiger charge is -2.15. The molecule has 152 valence electrons. The molecule has 6 nitrogen and oxygen atoms in total. The Morgan fingerprint density at radius 1 is 1.00 bits per heavy atom. The lowest BCUT2D eigenvalue weighted by Crippen LogP contribution is -2.24. The first-order chi connectivity index (χ1) is 14.6. The average molecular weight is 420 g/mol. The van der Waals surface area contributed by atoms with Gasteiger partial charge in [0.15, 0.2) is 5.16 Å². The summed E-state index contributed by atoms with van der Waals surface area (Å²) in [5.41, 5.74) is 2.65. The Balaban J connectivity index is 2.01. The summed E-state index contributed by atoms with van der Waals surface area (Å²) in [7, 11) is 3.18. The molecule has 0 fully saturated rings. The van der Waals surface area contributed by atoms with E-state index in [1.165, 1.54) is 11.8 Å². The zero-order chi connectivity index (χ0) is 21.1. The lowest BCUT2D eigenvalue weighted by molar-refractivity contribution is 0.404. The van der Waals surface area contributed by atoms with Gasteiger partial charge in [0.25, 0.3) is 5.56 Å². The molecule has 2 aromatic carbocycles. The molecule has 0 N–H and O–H groups in total. The fraction of sp³-hybridized carbons (Fsp3) is 0.174. The first-order valence-corrected chi connectivity index (χ1v) is 10.6. The van der Waals surface area contributed by atoms with E-state index in [2.05, 4.69) is 9.97 Å².